The Bertz CT molecular complexity index is 1110. The van der Waals surface area contributed by atoms with Gasteiger partial charge in [0.2, 0.25) is 0 Å². The molecule has 0 amide bonds. The number of hydrogen-bond donors (Lipinski definition) is 4. The summed E-state index contributed by atoms with van der Waals surface area (Å²) < 4.78 is 3.18. The van der Waals surface area contributed by atoms with E-state index in [-0.39, 0.29) is 5.75 Å². The number of rotatable bonds is 3. The van der Waals surface area contributed by atoms with E-state index in [1.807, 2.05) is 22.6 Å². The molecule has 0 saturated heterocycles. The van der Waals surface area contributed by atoms with Gasteiger partial charge in [0.25, 0.3) is 0 Å². The fourth-order valence-electron chi connectivity index (χ4n) is 3.54. The molecule has 7 heteroatoms. The number of fused-ring (bicyclic) bond motifs is 1. The van der Waals surface area contributed by atoms with E-state index in [0.717, 1.165) is 51.2 Å². The van der Waals surface area contributed by atoms with Crippen molar-refractivity contribution in [2.24, 2.45) is 4.99 Å². The summed E-state index contributed by atoms with van der Waals surface area (Å²) >= 11 is -0.444. The molecule has 28 heavy (non-hydrogen) atoms. The van der Waals surface area contributed by atoms with E-state index < -0.39 is 21.2 Å². The standard InChI is InChI=1S/C21H19IN5O/c28-20-7-14(15-9-26-27-10-15)1-2-16(20)18-8-19-21(25-12-22-18)17(11-24-19)13-3-5-23-6-4-13/h1-3,7-12,23-24,28H,4-6H2,(H,26,27)/q-1. The zero-order valence-electron chi connectivity index (χ0n) is 15.0. The number of nitrogens with zero attached hydrogens (tertiary/aromatic N) is 2. The van der Waals surface area contributed by atoms with E-state index in [1.54, 1.807) is 12.3 Å². The van der Waals surface area contributed by atoms with Gasteiger partial charge in [-0.3, -0.25) is 0 Å². The van der Waals surface area contributed by atoms with E-state index in [0.29, 0.717) is 0 Å². The maximum absolute atomic E-state index is 10.7. The topological polar surface area (TPSA) is 89.1 Å². The third kappa shape index (κ3) is 3.20. The van der Waals surface area contributed by atoms with Gasteiger partial charge < -0.3 is 0 Å². The molecule has 0 unspecified atom stereocenters. The van der Waals surface area contributed by atoms with Gasteiger partial charge in [-0.15, -0.1) is 0 Å². The molecule has 0 fully saturated rings. The van der Waals surface area contributed by atoms with Crippen LogP contribution in [-0.2, 0) is 0 Å². The normalized spacial score (nSPS) is 16.6. The van der Waals surface area contributed by atoms with Gasteiger partial charge in [-0.2, -0.15) is 0 Å². The number of aromatic hydroxyl groups is 1. The van der Waals surface area contributed by atoms with Crippen LogP contribution in [0.15, 0.2) is 47.9 Å². The number of aromatic amines is 2. The molecule has 3 aromatic rings. The maximum atomic E-state index is 10.7. The Hall–Kier alpha value is -2.65. The van der Waals surface area contributed by atoms with Crippen LogP contribution in [0.25, 0.3) is 26.4 Å². The van der Waals surface area contributed by atoms with E-state index >= 15 is 0 Å². The molecule has 5 rings (SSSR count). The third-order valence-electron chi connectivity index (χ3n) is 4.99. The van der Waals surface area contributed by atoms with Gasteiger partial charge in [-0.1, -0.05) is 0 Å². The summed E-state index contributed by atoms with van der Waals surface area (Å²) in [5, 5.41) is 20.8. The molecule has 4 N–H and O–H groups in total. The molecule has 142 valence electrons. The summed E-state index contributed by atoms with van der Waals surface area (Å²) in [7, 11) is 0. The van der Waals surface area contributed by atoms with Gasteiger partial charge >= 0.3 is 173 Å². The van der Waals surface area contributed by atoms with Crippen molar-refractivity contribution < 1.29 is 26.3 Å². The van der Waals surface area contributed by atoms with Crippen molar-refractivity contribution in [3.05, 3.63) is 59.7 Å². The first-order valence-electron chi connectivity index (χ1n) is 9.11. The Labute approximate surface area is 172 Å². The summed E-state index contributed by atoms with van der Waals surface area (Å²) in [4.78, 5) is 8.16. The Morgan fingerprint density at radius 2 is 2.07 bits per heavy atom. The number of nitrogens with one attached hydrogen (secondary N) is 3. The summed E-state index contributed by atoms with van der Waals surface area (Å²) in [6.07, 6.45) is 11.0. The molecule has 2 aromatic heterocycles. The van der Waals surface area contributed by atoms with Crippen molar-refractivity contribution >= 4 is 25.1 Å². The van der Waals surface area contributed by atoms with Gasteiger partial charge in [-0.25, -0.2) is 0 Å². The number of halogens is 1. The molecular weight excluding hydrogens is 465 g/mol. The van der Waals surface area contributed by atoms with Crippen molar-refractivity contribution in [2.75, 3.05) is 13.1 Å². The van der Waals surface area contributed by atoms with Gasteiger partial charge in [0.05, 0.1) is 0 Å². The van der Waals surface area contributed by atoms with Crippen molar-refractivity contribution in [3.8, 4) is 16.9 Å². The van der Waals surface area contributed by atoms with Crippen LogP contribution in [0.2, 0.25) is 0 Å². The number of aliphatic imine (C=N–C) groups is 1. The van der Waals surface area contributed by atoms with Gasteiger partial charge in [0.1, 0.15) is 0 Å². The second-order valence-electron chi connectivity index (χ2n) is 6.70. The van der Waals surface area contributed by atoms with Crippen LogP contribution < -0.4 is 26.5 Å². The predicted molar refractivity (Wildman–Crippen MR) is 108 cm³/mol. The van der Waals surface area contributed by atoms with E-state index in [1.165, 1.54) is 11.1 Å². The van der Waals surface area contributed by atoms with Gasteiger partial charge in [0, 0.05) is 0 Å². The van der Waals surface area contributed by atoms with E-state index in [9.17, 15) is 5.11 Å². The van der Waals surface area contributed by atoms with Crippen LogP contribution in [-0.4, -0.2) is 37.6 Å². The van der Waals surface area contributed by atoms with E-state index in [2.05, 4.69) is 38.8 Å². The number of phenolic OH excluding ortho intramolecular Hbond substituents is 1. The fourth-order valence-corrected chi connectivity index (χ4v) is 5.54. The predicted octanol–water partition coefficient (Wildman–Crippen LogP) is 0.748. The molecule has 0 bridgehead atoms. The van der Waals surface area contributed by atoms with E-state index in [4.69, 9.17) is 4.99 Å². The average Bonchev–Trinajstić information content (AvgIpc) is 3.35. The Kier molecular flexibility index (Phi) is 4.61. The van der Waals surface area contributed by atoms with Crippen LogP contribution in [0.4, 0.5) is 5.69 Å². The molecule has 0 atom stereocenters. The second-order valence-corrected chi connectivity index (χ2v) is 9.04. The first-order valence-corrected chi connectivity index (χ1v) is 11.4. The number of benzene rings is 1. The molecule has 1 aromatic carbocycles. The zero-order chi connectivity index (χ0) is 18.9. The molecule has 0 spiro atoms. The monoisotopic (exact) mass is 484 g/mol. The van der Waals surface area contributed by atoms with Crippen molar-refractivity contribution in [3.63, 3.8) is 0 Å². The molecule has 2 aliphatic heterocycles. The first-order chi connectivity index (χ1) is 13.8. The molecule has 6 nitrogen and oxygen atoms in total. The van der Waals surface area contributed by atoms with Gasteiger partial charge in [0.15, 0.2) is 0 Å². The fraction of sp³-hybridized carbons (Fsp3) is 0.143. The number of H-pyrrole nitrogens is 2. The SMILES string of the molecule is Oc1cc(-c2cn[nH]c2)ccc1C1=Cc2[nH]cc(C3=CCNCC3)c2N=C[I-]1. The van der Waals surface area contributed by atoms with Crippen LogP contribution >= 0.6 is 0 Å². The summed E-state index contributed by atoms with van der Waals surface area (Å²) in [6, 6.07) is 5.81. The molecule has 2 aliphatic rings. The van der Waals surface area contributed by atoms with Crippen LogP contribution in [0, 0.1) is 0 Å². The van der Waals surface area contributed by atoms with Crippen molar-refractivity contribution in [1.29, 1.82) is 0 Å². The summed E-state index contributed by atoms with van der Waals surface area (Å²) in [6.45, 7) is 1.91. The molecular formula is C21H19IN5O-. The number of aromatic nitrogens is 3. The van der Waals surface area contributed by atoms with Crippen molar-refractivity contribution in [1.82, 2.24) is 20.5 Å². The van der Waals surface area contributed by atoms with Crippen LogP contribution in [0.1, 0.15) is 23.2 Å². The number of phenols is 1. The Balaban J connectivity index is 1.51. The molecule has 0 radical (unpaired) electrons. The summed E-state index contributed by atoms with van der Waals surface area (Å²) in [5.41, 5.74) is 7.32. The third-order valence-corrected chi connectivity index (χ3v) is 7.11. The Morgan fingerprint density at radius 3 is 2.86 bits per heavy atom. The molecule has 4 heterocycles. The van der Waals surface area contributed by atoms with Gasteiger partial charge in [-0.05, 0) is 0 Å². The average molecular weight is 484 g/mol. The van der Waals surface area contributed by atoms with Crippen molar-refractivity contribution in [2.45, 2.75) is 6.42 Å². The second kappa shape index (κ2) is 7.40. The van der Waals surface area contributed by atoms with Crippen LogP contribution in [0.5, 0.6) is 5.75 Å². The number of hydrogen-bond acceptors (Lipinski definition) is 4. The zero-order valence-corrected chi connectivity index (χ0v) is 17.2. The summed E-state index contributed by atoms with van der Waals surface area (Å²) in [5.74, 6) is 0.286. The Morgan fingerprint density at radius 1 is 1.11 bits per heavy atom. The minimum atomic E-state index is -0.444. The molecule has 0 saturated carbocycles. The van der Waals surface area contributed by atoms with Crippen LogP contribution in [0.3, 0.4) is 0 Å². The molecule has 0 aliphatic carbocycles. The quantitative estimate of drug-likeness (QED) is 0.414. The minimum absolute atomic E-state index is 0.286. The first kappa shape index (κ1) is 17.4.